The Hall–Kier alpha value is -0.870. The van der Waals surface area contributed by atoms with E-state index in [2.05, 4.69) is 32.8 Å². The molecular formula is C12H14BrClN2O. The van der Waals surface area contributed by atoms with E-state index in [0.29, 0.717) is 17.3 Å². The summed E-state index contributed by atoms with van der Waals surface area (Å²) in [4.78, 5) is 16.0. The summed E-state index contributed by atoms with van der Waals surface area (Å²) < 4.78 is 0.718. The summed E-state index contributed by atoms with van der Waals surface area (Å²) in [6, 6.07) is 3.31. The third kappa shape index (κ3) is 4.48. The molecule has 0 spiro atoms. The number of amides is 1. The number of halogens is 2. The van der Waals surface area contributed by atoms with E-state index in [9.17, 15) is 4.79 Å². The van der Waals surface area contributed by atoms with Crippen LogP contribution < -0.4 is 5.32 Å². The monoisotopic (exact) mass is 316 g/mol. The van der Waals surface area contributed by atoms with Crippen molar-refractivity contribution < 1.29 is 4.79 Å². The molecule has 0 unspecified atom stereocenters. The summed E-state index contributed by atoms with van der Waals surface area (Å²) in [5, 5.41) is 3.05. The van der Waals surface area contributed by atoms with Gasteiger partial charge in [-0.3, -0.25) is 4.79 Å². The van der Waals surface area contributed by atoms with E-state index in [0.717, 1.165) is 10.2 Å². The van der Waals surface area contributed by atoms with Crippen molar-refractivity contribution in [2.24, 2.45) is 0 Å². The molecule has 0 aromatic carbocycles. The Morgan fingerprint density at radius 3 is 2.76 bits per heavy atom. The maximum Gasteiger partial charge on any atom is 0.251 e. The van der Waals surface area contributed by atoms with E-state index in [-0.39, 0.29) is 11.8 Å². The lowest BCUT2D eigenvalue weighted by Crippen LogP contribution is -2.24. The van der Waals surface area contributed by atoms with Crippen LogP contribution in [0.25, 0.3) is 0 Å². The van der Waals surface area contributed by atoms with E-state index in [1.165, 1.54) is 0 Å². The third-order valence-corrected chi connectivity index (χ3v) is 2.58. The van der Waals surface area contributed by atoms with Crippen molar-refractivity contribution in [1.29, 1.82) is 0 Å². The lowest BCUT2D eigenvalue weighted by Gasteiger charge is -2.09. The van der Waals surface area contributed by atoms with Gasteiger partial charge in [0.05, 0.1) is 0 Å². The second-order valence-electron chi connectivity index (χ2n) is 3.96. The van der Waals surface area contributed by atoms with Gasteiger partial charge in [-0.05, 0) is 18.1 Å². The van der Waals surface area contributed by atoms with Crippen molar-refractivity contribution in [3.05, 3.63) is 39.6 Å². The quantitative estimate of drug-likeness (QED) is 0.864. The van der Waals surface area contributed by atoms with E-state index >= 15 is 0 Å². The maximum atomic E-state index is 11.8. The molecular weight excluding hydrogens is 304 g/mol. The molecule has 1 amide bonds. The maximum absolute atomic E-state index is 11.8. The zero-order valence-corrected chi connectivity index (χ0v) is 12.1. The Kier molecular flexibility index (Phi) is 5.15. The minimum absolute atomic E-state index is 0.184. The van der Waals surface area contributed by atoms with E-state index in [1.807, 2.05) is 13.8 Å². The van der Waals surface area contributed by atoms with Crippen LogP contribution in [0.3, 0.4) is 0 Å². The molecule has 3 nitrogen and oxygen atoms in total. The Morgan fingerprint density at radius 1 is 1.59 bits per heavy atom. The molecule has 1 rings (SSSR count). The van der Waals surface area contributed by atoms with Crippen molar-refractivity contribution >= 4 is 33.4 Å². The van der Waals surface area contributed by atoms with Crippen LogP contribution in [0.15, 0.2) is 23.2 Å². The molecule has 0 bridgehead atoms. The number of nitrogens with one attached hydrogen (secondary N) is 1. The van der Waals surface area contributed by atoms with Gasteiger partial charge in [0.15, 0.2) is 0 Å². The van der Waals surface area contributed by atoms with Crippen molar-refractivity contribution in [2.75, 3.05) is 6.54 Å². The van der Waals surface area contributed by atoms with Crippen LogP contribution in [0, 0.1) is 0 Å². The Balaban J connectivity index is 2.90. The van der Waals surface area contributed by atoms with Crippen LogP contribution in [-0.2, 0) is 0 Å². The average molecular weight is 318 g/mol. The Bertz CT molecular complexity index is 446. The van der Waals surface area contributed by atoms with Crippen LogP contribution >= 0.6 is 27.5 Å². The van der Waals surface area contributed by atoms with E-state index < -0.39 is 0 Å². The molecule has 0 aliphatic heterocycles. The van der Waals surface area contributed by atoms with Gasteiger partial charge in [-0.2, -0.15) is 0 Å². The second-order valence-corrected chi connectivity index (χ2v) is 5.47. The van der Waals surface area contributed by atoms with Crippen molar-refractivity contribution in [1.82, 2.24) is 10.3 Å². The molecule has 1 N–H and O–H groups in total. The molecule has 5 heteroatoms. The highest BCUT2D eigenvalue weighted by Gasteiger charge is 2.10. The molecule has 0 aliphatic rings. The molecule has 0 fully saturated rings. The van der Waals surface area contributed by atoms with Gasteiger partial charge in [0.2, 0.25) is 0 Å². The summed E-state index contributed by atoms with van der Waals surface area (Å²) in [5.41, 5.74) is 1.32. The van der Waals surface area contributed by atoms with Gasteiger partial charge in [-0.25, -0.2) is 4.98 Å². The predicted octanol–water partition coefficient (Wildman–Crippen LogP) is 3.50. The number of hydrogen-bond acceptors (Lipinski definition) is 2. The summed E-state index contributed by atoms with van der Waals surface area (Å²) in [6.07, 6.45) is 0. The van der Waals surface area contributed by atoms with Gasteiger partial charge in [0, 0.05) is 22.3 Å². The van der Waals surface area contributed by atoms with Gasteiger partial charge < -0.3 is 5.32 Å². The van der Waals surface area contributed by atoms with Crippen molar-refractivity contribution in [3.63, 3.8) is 0 Å². The Morgan fingerprint density at radius 2 is 2.24 bits per heavy atom. The van der Waals surface area contributed by atoms with Crippen LogP contribution in [0.5, 0.6) is 0 Å². The standard InChI is InChI=1S/C12H14BrClN2O/c1-7(2)10-4-9(5-11(14)16-10)12(17)15-6-8(3)13/h4-5,7H,3,6H2,1-2H3,(H,15,17). The van der Waals surface area contributed by atoms with E-state index in [1.54, 1.807) is 12.1 Å². The Labute approximate surface area is 114 Å². The molecule has 1 heterocycles. The molecule has 0 aliphatic carbocycles. The topological polar surface area (TPSA) is 42.0 Å². The number of pyridine rings is 1. The first-order valence-corrected chi connectivity index (χ1v) is 6.36. The fourth-order valence-electron chi connectivity index (χ4n) is 1.22. The summed E-state index contributed by atoms with van der Waals surface area (Å²) >= 11 is 9.06. The van der Waals surface area contributed by atoms with Gasteiger partial charge in [-0.1, -0.05) is 48.0 Å². The van der Waals surface area contributed by atoms with Crippen LogP contribution in [0.2, 0.25) is 5.15 Å². The first-order chi connectivity index (χ1) is 7.90. The second kappa shape index (κ2) is 6.17. The molecule has 0 radical (unpaired) electrons. The molecule has 92 valence electrons. The van der Waals surface area contributed by atoms with Gasteiger partial charge in [-0.15, -0.1) is 0 Å². The third-order valence-electron chi connectivity index (χ3n) is 2.11. The highest BCUT2D eigenvalue weighted by atomic mass is 79.9. The van der Waals surface area contributed by atoms with Crippen molar-refractivity contribution in [3.8, 4) is 0 Å². The number of carbonyl (C=O) groups excluding carboxylic acids is 1. The number of aromatic nitrogens is 1. The van der Waals surface area contributed by atoms with Gasteiger partial charge in [0.25, 0.3) is 5.91 Å². The SMILES string of the molecule is C=C(Br)CNC(=O)c1cc(Cl)nc(C(C)C)c1. The lowest BCUT2D eigenvalue weighted by atomic mass is 10.1. The van der Waals surface area contributed by atoms with Crippen LogP contribution in [-0.4, -0.2) is 17.4 Å². The first kappa shape index (κ1) is 14.2. The van der Waals surface area contributed by atoms with Crippen LogP contribution in [0.4, 0.5) is 0 Å². The lowest BCUT2D eigenvalue weighted by molar-refractivity contribution is 0.0957. The number of carbonyl (C=O) groups is 1. The molecule has 0 saturated carbocycles. The molecule has 1 aromatic heterocycles. The van der Waals surface area contributed by atoms with Gasteiger partial charge in [0.1, 0.15) is 5.15 Å². The zero-order chi connectivity index (χ0) is 13.0. The van der Waals surface area contributed by atoms with E-state index in [4.69, 9.17) is 11.6 Å². The fourth-order valence-corrected chi connectivity index (χ4v) is 1.58. The van der Waals surface area contributed by atoms with Crippen molar-refractivity contribution in [2.45, 2.75) is 19.8 Å². The zero-order valence-electron chi connectivity index (χ0n) is 9.76. The molecule has 0 saturated heterocycles. The predicted molar refractivity (Wildman–Crippen MR) is 73.7 cm³/mol. The molecule has 17 heavy (non-hydrogen) atoms. The summed E-state index contributed by atoms with van der Waals surface area (Å²) in [6.45, 7) is 8.03. The smallest absolute Gasteiger partial charge is 0.251 e. The molecule has 0 atom stereocenters. The number of hydrogen-bond donors (Lipinski definition) is 1. The minimum Gasteiger partial charge on any atom is -0.347 e. The largest absolute Gasteiger partial charge is 0.347 e. The average Bonchev–Trinajstić information content (AvgIpc) is 2.24. The number of nitrogens with zero attached hydrogens (tertiary/aromatic N) is 1. The fraction of sp³-hybridized carbons (Fsp3) is 0.333. The summed E-state index contributed by atoms with van der Waals surface area (Å²) in [5.74, 6) is 0.0446. The molecule has 1 aromatic rings. The summed E-state index contributed by atoms with van der Waals surface area (Å²) in [7, 11) is 0. The highest BCUT2D eigenvalue weighted by Crippen LogP contribution is 2.17. The number of rotatable bonds is 4. The minimum atomic E-state index is -0.184. The highest BCUT2D eigenvalue weighted by molar-refractivity contribution is 9.11. The normalized spacial score (nSPS) is 10.4. The van der Waals surface area contributed by atoms with Crippen LogP contribution in [0.1, 0.15) is 35.8 Å². The van der Waals surface area contributed by atoms with Gasteiger partial charge >= 0.3 is 0 Å². The first-order valence-electron chi connectivity index (χ1n) is 5.19.